The maximum atomic E-state index is 13.3. The number of fused-ring (bicyclic) bond motifs is 3. The van der Waals surface area contributed by atoms with Crippen LogP contribution in [0.3, 0.4) is 0 Å². The standard InChI is InChI=1S/C26H27FN5/c1-32-22(26-29-25(30-31-26)17-11-13-18(27)14-12-17)15-20-19-9-5-6-10-21(19)28-23(20)24(32)16-7-3-2-4-8-16/h5-6,9-14,16,22,24,28H,1-4,7-8,15H2,(H,29,30,31)/q+1. The Labute approximate surface area is 186 Å². The Morgan fingerprint density at radius 3 is 2.59 bits per heavy atom. The minimum Gasteiger partial charge on any atom is -0.353 e. The van der Waals surface area contributed by atoms with Crippen LogP contribution in [0.5, 0.6) is 0 Å². The van der Waals surface area contributed by atoms with Crippen molar-refractivity contribution in [3.63, 3.8) is 0 Å². The molecule has 4 aromatic rings. The molecule has 1 fully saturated rings. The zero-order chi connectivity index (χ0) is 21.7. The zero-order valence-corrected chi connectivity index (χ0v) is 18.0. The predicted molar refractivity (Wildman–Crippen MR) is 123 cm³/mol. The Morgan fingerprint density at radius 2 is 1.78 bits per heavy atom. The van der Waals surface area contributed by atoms with Crippen molar-refractivity contribution < 1.29 is 8.97 Å². The van der Waals surface area contributed by atoms with Crippen LogP contribution in [0.2, 0.25) is 0 Å². The third-order valence-corrected chi connectivity index (χ3v) is 7.31. The number of H-pyrrole nitrogens is 2. The van der Waals surface area contributed by atoms with Gasteiger partial charge >= 0.3 is 0 Å². The molecule has 6 heteroatoms. The van der Waals surface area contributed by atoms with Crippen LogP contribution >= 0.6 is 0 Å². The summed E-state index contributed by atoms with van der Waals surface area (Å²) in [6, 6.07) is 15.1. The number of para-hydroxylation sites is 1. The number of hydrogen-bond acceptors (Lipinski definition) is 2. The number of aromatic amines is 2. The van der Waals surface area contributed by atoms with Crippen molar-refractivity contribution in [2.75, 3.05) is 0 Å². The zero-order valence-electron chi connectivity index (χ0n) is 18.0. The minimum atomic E-state index is -0.261. The second-order valence-electron chi connectivity index (χ2n) is 9.19. The van der Waals surface area contributed by atoms with E-state index >= 15 is 0 Å². The van der Waals surface area contributed by atoms with Gasteiger partial charge in [-0.2, -0.15) is 5.10 Å². The molecule has 2 atom stereocenters. The Hall–Kier alpha value is -3.28. The predicted octanol–water partition coefficient (Wildman–Crippen LogP) is 5.72. The monoisotopic (exact) mass is 428 g/mol. The number of hydrogen-bond donors (Lipinski definition) is 2. The molecule has 1 aliphatic carbocycles. The largest absolute Gasteiger partial charge is 0.353 e. The Morgan fingerprint density at radius 1 is 1.00 bits per heavy atom. The molecule has 2 N–H and O–H groups in total. The van der Waals surface area contributed by atoms with Crippen LogP contribution in [-0.4, -0.2) is 31.5 Å². The minimum absolute atomic E-state index is 0.00957. The van der Waals surface area contributed by atoms with E-state index < -0.39 is 0 Å². The molecule has 162 valence electrons. The van der Waals surface area contributed by atoms with Gasteiger partial charge in [0.2, 0.25) is 6.04 Å². The summed E-state index contributed by atoms with van der Waals surface area (Å²) < 4.78 is 15.6. The van der Waals surface area contributed by atoms with Gasteiger partial charge in [0.05, 0.1) is 5.69 Å². The van der Waals surface area contributed by atoms with E-state index in [0.29, 0.717) is 11.7 Å². The van der Waals surface area contributed by atoms with Gasteiger partial charge < -0.3 is 4.98 Å². The van der Waals surface area contributed by atoms with Crippen molar-refractivity contribution in [3.8, 4) is 11.4 Å². The van der Waals surface area contributed by atoms with E-state index in [9.17, 15) is 4.39 Å². The molecule has 5 nitrogen and oxygen atoms in total. The summed E-state index contributed by atoms with van der Waals surface area (Å²) in [4.78, 5) is 8.56. The second-order valence-corrected chi connectivity index (χ2v) is 9.19. The van der Waals surface area contributed by atoms with Gasteiger partial charge in [0.15, 0.2) is 17.7 Å². The highest BCUT2D eigenvalue weighted by Crippen LogP contribution is 2.46. The average Bonchev–Trinajstić information content (AvgIpc) is 3.45. The summed E-state index contributed by atoms with van der Waals surface area (Å²) in [6.45, 7) is 4.55. The number of aromatic nitrogens is 4. The number of halogens is 1. The van der Waals surface area contributed by atoms with Crippen LogP contribution < -0.4 is 0 Å². The van der Waals surface area contributed by atoms with Crippen molar-refractivity contribution in [2.45, 2.75) is 50.6 Å². The first-order valence-corrected chi connectivity index (χ1v) is 11.6. The first-order valence-electron chi connectivity index (χ1n) is 11.6. The Kier molecular flexibility index (Phi) is 4.67. The molecule has 32 heavy (non-hydrogen) atoms. The van der Waals surface area contributed by atoms with Gasteiger partial charge in [-0.15, -0.1) is 0 Å². The summed E-state index contributed by atoms with van der Waals surface area (Å²) in [5, 5.41) is 8.91. The number of benzene rings is 2. The maximum absolute atomic E-state index is 13.3. The first-order chi connectivity index (χ1) is 15.7. The molecule has 2 aromatic heterocycles. The number of nitrogens with zero attached hydrogens (tertiary/aromatic N) is 3. The third kappa shape index (κ3) is 3.17. The lowest BCUT2D eigenvalue weighted by atomic mass is 9.78. The van der Waals surface area contributed by atoms with Crippen molar-refractivity contribution >= 4 is 17.6 Å². The highest BCUT2D eigenvalue weighted by molar-refractivity contribution is 5.85. The van der Waals surface area contributed by atoms with Crippen molar-refractivity contribution in [1.82, 2.24) is 20.2 Å². The summed E-state index contributed by atoms with van der Waals surface area (Å²) in [5.74, 6) is 1.72. The van der Waals surface area contributed by atoms with Crippen LogP contribution in [0.1, 0.15) is 61.3 Å². The maximum Gasteiger partial charge on any atom is 0.215 e. The smallest absolute Gasteiger partial charge is 0.215 e. The highest BCUT2D eigenvalue weighted by Gasteiger charge is 2.45. The highest BCUT2D eigenvalue weighted by atomic mass is 19.1. The molecule has 0 spiro atoms. The summed E-state index contributed by atoms with van der Waals surface area (Å²) in [5.41, 5.74) is 4.69. The van der Waals surface area contributed by atoms with Crippen LogP contribution in [-0.2, 0) is 6.42 Å². The quantitative estimate of drug-likeness (QED) is 0.410. The Bertz CT molecular complexity index is 1280. The van der Waals surface area contributed by atoms with Gasteiger partial charge in [-0.3, -0.25) is 5.10 Å². The molecule has 1 saturated carbocycles. The van der Waals surface area contributed by atoms with E-state index in [1.165, 1.54) is 66.4 Å². The van der Waals surface area contributed by atoms with E-state index in [2.05, 4.69) is 50.7 Å². The fourth-order valence-corrected chi connectivity index (χ4v) is 5.73. The molecule has 0 amide bonds. The van der Waals surface area contributed by atoms with Crippen LogP contribution in [0, 0.1) is 11.7 Å². The summed E-state index contributed by atoms with van der Waals surface area (Å²) in [6.07, 6.45) is 7.18. The van der Waals surface area contributed by atoms with Gasteiger partial charge in [-0.1, -0.05) is 37.5 Å². The van der Waals surface area contributed by atoms with Gasteiger partial charge in [-0.05, 0) is 48.7 Å². The molecule has 6 rings (SSSR count). The molecule has 2 aromatic carbocycles. The van der Waals surface area contributed by atoms with Crippen molar-refractivity contribution in [3.05, 3.63) is 71.4 Å². The second kappa shape index (κ2) is 7.69. The molecule has 0 radical (unpaired) electrons. The Balaban J connectivity index is 1.42. The fraction of sp³-hybridized carbons (Fsp3) is 0.346. The fourth-order valence-electron chi connectivity index (χ4n) is 5.73. The molecule has 3 heterocycles. The van der Waals surface area contributed by atoms with Gasteiger partial charge in [0.25, 0.3) is 0 Å². The van der Waals surface area contributed by atoms with E-state index in [1.807, 2.05) is 0 Å². The number of nitrogens with one attached hydrogen (secondary N) is 2. The summed E-state index contributed by atoms with van der Waals surface area (Å²) >= 11 is 0. The molecule has 2 aliphatic rings. The van der Waals surface area contributed by atoms with E-state index in [4.69, 9.17) is 4.98 Å². The molecule has 0 saturated heterocycles. The molecule has 2 unspecified atom stereocenters. The molecule has 0 bridgehead atoms. The van der Waals surface area contributed by atoms with E-state index in [1.54, 1.807) is 12.1 Å². The van der Waals surface area contributed by atoms with Crippen LogP contribution in [0.15, 0.2) is 48.5 Å². The number of rotatable bonds is 3. The van der Waals surface area contributed by atoms with Crippen molar-refractivity contribution in [2.24, 2.45) is 5.92 Å². The lowest BCUT2D eigenvalue weighted by Gasteiger charge is -2.33. The molecular formula is C26H27FN5+. The summed E-state index contributed by atoms with van der Waals surface area (Å²) in [7, 11) is 0. The van der Waals surface area contributed by atoms with Crippen molar-refractivity contribution in [1.29, 1.82) is 0 Å². The van der Waals surface area contributed by atoms with Gasteiger partial charge in [0, 0.05) is 28.8 Å². The van der Waals surface area contributed by atoms with E-state index in [-0.39, 0.29) is 17.9 Å². The normalized spacial score (nSPS) is 21.7. The molecular weight excluding hydrogens is 401 g/mol. The van der Waals surface area contributed by atoms with Gasteiger partial charge in [-0.25, -0.2) is 13.9 Å². The van der Waals surface area contributed by atoms with Gasteiger partial charge in [0.1, 0.15) is 12.5 Å². The SMILES string of the molecule is C=[N+]1C(c2nc(-c3ccc(F)cc3)n[nH]2)Cc2c([nH]c3ccccc23)C1C1CCCCC1. The van der Waals surface area contributed by atoms with E-state index in [0.717, 1.165) is 17.8 Å². The topological polar surface area (TPSA) is 60.4 Å². The average molecular weight is 429 g/mol. The lowest BCUT2D eigenvalue weighted by Crippen LogP contribution is -2.35. The molecule has 1 aliphatic heterocycles. The van der Waals surface area contributed by atoms with Crippen LogP contribution in [0.4, 0.5) is 4.39 Å². The lowest BCUT2D eigenvalue weighted by molar-refractivity contribution is -0.621. The first kappa shape index (κ1) is 19.4. The van der Waals surface area contributed by atoms with Crippen LogP contribution in [0.25, 0.3) is 22.3 Å². The third-order valence-electron chi connectivity index (χ3n) is 7.31.